The minimum Gasteiger partial charge on any atom is -0.396 e. The first-order valence-corrected chi connectivity index (χ1v) is 3.88. The summed E-state index contributed by atoms with van der Waals surface area (Å²) in [5.41, 5.74) is 0. The zero-order valence-corrected chi connectivity index (χ0v) is 7.04. The van der Waals surface area contributed by atoms with Gasteiger partial charge in [0.15, 0.2) is 0 Å². The lowest BCUT2D eigenvalue weighted by Gasteiger charge is -2.21. The molecule has 0 aliphatic rings. The lowest BCUT2D eigenvalue weighted by molar-refractivity contribution is 0.0932. The van der Waals surface area contributed by atoms with Gasteiger partial charge in [-0.25, -0.2) is 0 Å². The molecule has 0 spiro atoms. The highest BCUT2D eigenvalue weighted by atomic mass is 16.3. The van der Waals surface area contributed by atoms with E-state index < -0.39 is 0 Å². The van der Waals surface area contributed by atoms with Crippen LogP contribution in [0.5, 0.6) is 0 Å². The number of rotatable bonds is 4. The average molecular weight is 146 g/mol. The minimum atomic E-state index is -0.262. The van der Waals surface area contributed by atoms with Crippen LogP contribution in [0.25, 0.3) is 0 Å². The van der Waals surface area contributed by atoms with Crippen LogP contribution in [0.3, 0.4) is 0 Å². The van der Waals surface area contributed by atoms with E-state index in [2.05, 4.69) is 0 Å². The maximum atomic E-state index is 9.14. The molecule has 3 unspecified atom stereocenters. The monoisotopic (exact) mass is 146 g/mol. The van der Waals surface area contributed by atoms with E-state index in [4.69, 9.17) is 10.2 Å². The van der Waals surface area contributed by atoms with Gasteiger partial charge in [-0.3, -0.25) is 0 Å². The highest BCUT2D eigenvalue weighted by Gasteiger charge is 2.15. The maximum Gasteiger partial charge on any atom is 0.0540 e. The third kappa shape index (κ3) is 3.18. The van der Waals surface area contributed by atoms with Gasteiger partial charge >= 0.3 is 0 Å². The quantitative estimate of drug-likeness (QED) is 0.621. The van der Waals surface area contributed by atoms with E-state index in [1.807, 2.05) is 13.8 Å². The standard InChI is InChI=1S/C8H18O2/c1-6(4-5-9)7(2)8(3)10/h6-10H,4-5H2,1-3H3. The molecule has 62 valence electrons. The molecule has 0 aromatic heterocycles. The Kier molecular flexibility index (Phi) is 4.65. The van der Waals surface area contributed by atoms with E-state index in [9.17, 15) is 0 Å². The molecule has 2 heteroatoms. The third-order valence-electron chi connectivity index (χ3n) is 2.24. The summed E-state index contributed by atoms with van der Waals surface area (Å²) >= 11 is 0. The van der Waals surface area contributed by atoms with Crippen LogP contribution in [-0.2, 0) is 0 Å². The predicted molar refractivity (Wildman–Crippen MR) is 41.7 cm³/mol. The van der Waals surface area contributed by atoms with Crippen molar-refractivity contribution in [3.63, 3.8) is 0 Å². The van der Waals surface area contributed by atoms with Gasteiger partial charge in [0.25, 0.3) is 0 Å². The molecule has 0 fully saturated rings. The van der Waals surface area contributed by atoms with Gasteiger partial charge in [-0.05, 0) is 25.2 Å². The molecule has 0 radical (unpaired) electrons. The Labute approximate surface area is 62.9 Å². The largest absolute Gasteiger partial charge is 0.396 e. The van der Waals surface area contributed by atoms with Gasteiger partial charge in [0.2, 0.25) is 0 Å². The Morgan fingerprint density at radius 3 is 2.00 bits per heavy atom. The van der Waals surface area contributed by atoms with E-state index in [1.165, 1.54) is 0 Å². The Morgan fingerprint density at radius 1 is 1.20 bits per heavy atom. The summed E-state index contributed by atoms with van der Waals surface area (Å²) < 4.78 is 0. The summed E-state index contributed by atoms with van der Waals surface area (Å²) in [6.07, 6.45) is 0.521. The topological polar surface area (TPSA) is 40.5 Å². The summed E-state index contributed by atoms with van der Waals surface area (Å²) in [6, 6.07) is 0. The van der Waals surface area contributed by atoms with Crippen molar-refractivity contribution in [2.24, 2.45) is 11.8 Å². The van der Waals surface area contributed by atoms with Crippen molar-refractivity contribution in [3.8, 4) is 0 Å². The van der Waals surface area contributed by atoms with Crippen molar-refractivity contribution >= 4 is 0 Å². The molecule has 0 aliphatic heterocycles. The predicted octanol–water partition coefficient (Wildman–Crippen LogP) is 1.02. The summed E-state index contributed by atoms with van der Waals surface area (Å²) in [4.78, 5) is 0. The van der Waals surface area contributed by atoms with Gasteiger partial charge in [-0.2, -0.15) is 0 Å². The van der Waals surface area contributed by atoms with Crippen LogP contribution < -0.4 is 0 Å². The Balaban J connectivity index is 3.58. The van der Waals surface area contributed by atoms with Crippen LogP contribution >= 0.6 is 0 Å². The summed E-state index contributed by atoms with van der Waals surface area (Å²) in [5.74, 6) is 0.692. The van der Waals surface area contributed by atoms with Gasteiger partial charge in [0.05, 0.1) is 6.10 Å². The lowest BCUT2D eigenvalue weighted by Crippen LogP contribution is -2.21. The van der Waals surface area contributed by atoms with Crippen molar-refractivity contribution in [1.82, 2.24) is 0 Å². The Bertz CT molecular complexity index is 81.3. The van der Waals surface area contributed by atoms with Crippen LogP contribution in [0.15, 0.2) is 0 Å². The van der Waals surface area contributed by atoms with E-state index >= 15 is 0 Å². The molecule has 3 atom stereocenters. The molecule has 0 bridgehead atoms. The molecule has 0 aliphatic carbocycles. The van der Waals surface area contributed by atoms with Crippen molar-refractivity contribution in [1.29, 1.82) is 0 Å². The number of aliphatic hydroxyl groups excluding tert-OH is 2. The van der Waals surface area contributed by atoms with Gasteiger partial charge in [-0.1, -0.05) is 13.8 Å². The second-order valence-electron chi connectivity index (χ2n) is 3.09. The number of aliphatic hydroxyl groups is 2. The second kappa shape index (κ2) is 4.69. The van der Waals surface area contributed by atoms with Crippen LogP contribution in [0, 0.1) is 11.8 Å². The van der Waals surface area contributed by atoms with Crippen molar-refractivity contribution in [2.45, 2.75) is 33.3 Å². The third-order valence-corrected chi connectivity index (χ3v) is 2.24. The van der Waals surface area contributed by atoms with Crippen LogP contribution in [0.2, 0.25) is 0 Å². The molecule has 0 amide bonds. The Morgan fingerprint density at radius 2 is 1.70 bits per heavy atom. The Hall–Kier alpha value is -0.0800. The molecule has 0 saturated carbocycles. The molecule has 0 saturated heterocycles. The number of hydrogen-bond acceptors (Lipinski definition) is 2. The van der Waals surface area contributed by atoms with Gasteiger partial charge in [0.1, 0.15) is 0 Å². The highest BCUT2D eigenvalue weighted by molar-refractivity contribution is 4.65. The average Bonchev–Trinajstić information content (AvgIpc) is 1.87. The molecular formula is C8H18O2. The fourth-order valence-electron chi connectivity index (χ4n) is 0.942. The summed E-state index contributed by atoms with van der Waals surface area (Å²) in [5, 5.41) is 17.7. The summed E-state index contributed by atoms with van der Waals surface area (Å²) in [7, 11) is 0. The van der Waals surface area contributed by atoms with Gasteiger partial charge in [0, 0.05) is 6.61 Å². The SMILES string of the molecule is CC(O)C(C)C(C)CCO. The molecule has 0 aromatic carbocycles. The van der Waals surface area contributed by atoms with Crippen molar-refractivity contribution in [3.05, 3.63) is 0 Å². The normalized spacial score (nSPS) is 20.1. The first-order chi connectivity index (χ1) is 4.59. The molecular weight excluding hydrogens is 128 g/mol. The van der Waals surface area contributed by atoms with Gasteiger partial charge in [-0.15, -0.1) is 0 Å². The minimum absolute atomic E-state index is 0.220. The zero-order valence-electron chi connectivity index (χ0n) is 7.04. The van der Waals surface area contributed by atoms with Crippen LogP contribution in [-0.4, -0.2) is 22.9 Å². The fourth-order valence-corrected chi connectivity index (χ4v) is 0.942. The van der Waals surface area contributed by atoms with E-state index in [0.717, 1.165) is 6.42 Å². The summed E-state index contributed by atoms with van der Waals surface area (Å²) in [6.45, 7) is 6.06. The van der Waals surface area contributed by atoms with Crippen LogP contribution in [0.1, 0.15) is 27.2 Å². The zero-order chi connectivity index (χ0) is 8.15. The second-order valence-corrected chi connectivity index (χ2v) is 3.09. The maximum absolute atomic E-state index is 9.14. The van der Waals surface area contributed by atoms with E-state index in [0.29, 0.717) is 5.92 Å². The first kappa shape index (κ1) is 9.92. The molecule has 0 aromatic rings. The molecule has 2 nitrogen and oxygen atoms in total. The smallest absolute Gasteiger partial charge is 0.0540 e. The lowest BCUT2D eigenvalue weighted by atomic mass is 9.89. The fraction of sp³-hybridized carbons (Fsp3) is 1.00. The number of hydrogen-bond donors (Lipinski definition) is 2. The molecule has 2 N–H and O–H groups in total. The molecule has 10 heavy (non-hydrogen) atoms. The molecule has 0 heterocycles. The van der Waals surface area contributed by atoms with Crippen molar-refractivity contribution < 1.29 is 10.2 Å². The van der Waals surface area contributed by atoms with E-state index in [1.54, 1.807) is 6.92 Å². The van der Waals surface area contributed by atoms with Crippen molar-refractivity contribution in [2.75, 3.05) is 6.61 Å². The first-order valence-electron chi connectivity index (χ1n) is 3.88. The molecule has 0 rings (SSSR count). The highest BCUT2D eigenvalue weighted by Crippen LogP contribution is 2.17. The van der Waals surface area contributed by atoms with Gasteiger partial charge < -0.3 is 10.2 Å². The van der Waals surface area contributed by atoms with E-state index in [-0.39, 0.29) is 18.6 Å². The van der Waals surface area contributed by atoms with Crippen LogP contribution in [0.4, 0.5) is 0 Å².